The van der Waals surface area contributed by atoms with Crippen LogP contribution in [0.3, 0.4) is 0 Å². The third-order valence-electron chi connectivity index (χ3n) is 4.31. The summed E-state index contributed by atoms with van der Waals surface area (Å²) in [6.07, 6.45) is 7.89. The van der Waals surface area contributed by atoms with Gasteiger partial charge in [0.2, 0.25) is 5.91 Å². The molecule has 1 saturated carbocycles. The van der Waals surface area contributed by atoms with Gasteiger partial charge in [0.05, 0.1) is 18.8 Å². The molecule has 1 aliphatic carbocycles. The maximum atomic E-state index is 12.1. The Kier molecular flexibility index (Phi) is 5.65. The van der Waals surface area contributed by atoms with Crippen molar-refractivity contribution in [3.05, 3.63) is 24.2 Å². The van der Waals surface area contributed by atoms with Crippen LogP contribution >= 0.6 is 0 Å². The van der Waals surface area contributed by atoms with Gasteiger partial charge in [-0.2, -0.15) is 0 Å². The SMILES string of the molecule is CCC1CCCCC1NC(C)C(=O)NCc1ccco1. The van der Waals surface area contributed by atoms with Crippen molar-refractivity contribution in [2.75, 3.05) is 0 Å². The second-order valence-electron chi connectivity index (χ2n) is 5.74. The average Bonchev–Trinajstić information content (AvgIpc) is 2.98. The molecule has 1 aromatic rings. The summed E-state index contributed by atoms with van der Waals surface area (Å²) < 4.78 is 5.21. The summed E-state index contributed by atoms with van der Waals surface area (Å²) in [5, 5.41) is 6.42. The van der Waals surface area contributed by atoms with Crippen molar-refractivity contribution in [1.82, 2.24) is 10.6 Å². The molecule has 112 valence electrons. The van der Waals surface area contributed by atoms with Crippen LogP contribution in [0.25, 0.3) is 0 Å². The summed E-state index contributed by atoms with van der Waals surface area (Å²) in [7, 11) is 0. The Labute approximate surface area is 121 Å². The molecule has 3 atom stereocenters. The van der Waals surface area contributed by atoms with Gasteiger partial charge in [-0.15, -0.1) is 0 Å². The van der Waals surface area contributed by atoms with Gasteiger partial charge in [0.1, 0.15) is 5.76 Å². The molecule has 3 unspecified atom stereocenters. The standard InChI is InChI=1S/C16H26N2O2/c1-3-13-7-4-5-9-15(13)18-12(2)16(19)17-11-14-8-6-10-20-14/h6,8,10,12-13,15,18H,3-5,7,9,11H2,1-2H3,(H,17,19). The number of nitrogens with one attached hydrogen (secondary N) is 2. The van der Waals surface area contributed by atoms with Gasteiger partial charge in [-0.1, -0.05) is 26.2 Å². The predicted octanol–water partition coefficient (Wildman–Crippen LogP) is 2.84. The van der Waals surface area contributed by atoms with Gasteiger partial charge < -0.3 is 15.1 Å². The van der Waals surface area contributed by atoms with Gasteiger partial charge in [-0.3, -0.25) is 4.79 Å². The van der Waals surface area contributed by atoms with Crippen LogP contribution in [0.4, 0.5) is 0 Å². The van der Waals surface area contributed by atoms with E-state index in [0.717, 1.165) is 5.76 Å². The second kappa shape index (κ2) is 7.48. The van der Waals surface area contributed by atoms with Crippen LogP contribution in [0.15, 0.2) is 22.8 Å². The lowest BCUT2D eigenvalue weighted by atomic mass is 9.82. The molecule has 4 nitrogen and oxygen atoms in total. The van der Waals surface area contributed by atoms with E-state index in [9.17, 15) is 4.79 Å². The highest BCUT2D eigenvalue weighted by molar-refractivity contribution is 5.81. The number of hydrogen-bond acceptors (Lipinski definition) is 3. The van der Waals surface area contributed by atoms with Crippen molar-refractivity contribution in [2.45, 2.75) is 64.6 Å². The van der Waals surface area contributed by atoms with E-state index in [4.69, 9.17) is 4.42 Å². The lowest BCUT2D eigenvalue weighted by molar-refractivity contribution is -0.123. The summed E-state index contributed by atoms with van der Waals surface area (Å²) in [4.78, 5) is 12.1. The van der Waals surface area contributed by atoms with Gasteiger partial charge in [-0.05, 0) is 37.8 Å². The molecule has 20 heavy (non-hydrogen) atoms. The predicted molar refractivity (Wildman–Crippen MR) is 79.2 cm³/mol. The molecule has 2 rings (SSSR count). The smallest absolute Gasteiger partial charge is 0.237 e. The summed E-state index contributed by atoms with van der Waals surface area (Å²) >= 11 is 0. The molecule has 1 amide bonds. The van der Waals surface area contributed by atoms with Crippen molar-refractivity contribution in [3.63, 3.8) is 0 Å². The van der Waals surface area contributed by atoms with Crippen LogP contribution in [-0.2, 0) is 11.3 Å². The largest absolute Gasteiger partial charge is 0.467 e. The van der Waals surface area contributed by atoms with Gasteiger partial charge >= 0.3 is 0 Å². The van der Waals surface area contributed by atoms with E-state index in [1.165, 1.54) is 32.1 Å². The topological polar surface area (TPSA) is 54.3 Å². The minimum Gasteiger partial charge on any atom is -0.467 e. The van der Waals surface area contributed by atoms with Crippen molar-refractivity contribution < 1.29 is 9.21 Å². The van der Waals surface area contributed by atoms with Crippen LogP contribution in [-0.4, -0.2) is 18.0 Å². The molecule has 0 aliphatic heterocycles. The molecule has 0 aromatic carbocycles. The zero-order chi connectivity index (χ0) is 14.4. The maximum Gasteiger partial charge on any atom is 0.237 e. The zero-order valence-corrected chi connectivity index (χ0v) is 12.5. The fourth-order valence-corrected chi connectivity index (χ4v) is 3.05. The Morgan fingerprint density at radius 2 is 2.25 bits per heavy atom. The Morgan fingerprint density at radius 3 is 2.95 bits per heavy atom. The molecule has 4 heteroatoms. The monoisotopic (exact) mass is 278 g/mol. The van der Waals surface area contributed by atoms with E-state index in [1.54, 1.807) is 6.26 Å². The Morgan fingerprint density at radius 1 is 1.45 bits per heavy atom. The Bertz CT molecular complexity index is 403. The zero-order valence-electron chi connectivity index (χ0n) is 12.5. The molecular formula is C16H26N2O2. The average molecular weight is 278 g/mol. The molecule has 1 heterocycles. The van der Waals surface area contributed by atoms with Gasteiger partial charge in [0.25, 0.3) is 0 Å². The number of furan rings is 1. The Hall–Kier alpha value is -1.29. The third-order valence-corrected chi connectivity index (χ3v) is 4.31. The van der Waals surface area contributed by atoms with E-state index in [1.807, 2.05) is 19.1 Å². The van der Waals surface area contributed by atoms with Crippen molar-refractivity contribution in [1.29, 1.82) is 0 Å². The normalized spacial score (nSPS) is 24.3. The first-order chi connectivity index (χ1) is 9.70. The van der Waals surface area contributed by atoms with E-state index >= 15 is 0 Å². The van der Waals surface area contributed by atoms with Gasteiger partial charge in [-0.25, -0.2) is 0 Å². The quantitative estimate of drug-likeness (QED) is 0.841. The molecule has 0 bridgehead atoms. The molecule has 0 saturated heterocycles. The lowest BCUT2D eigenvalue weighted by Crippen LogP contribution is -2.49. The number of hydrogen-bond donors (Lipinski definition) is 2. The third kappa shape index (κ3) is 4.10. The van der Waals surface area contributed by atoms with Crippen LogP contribution in [0.1, 0.15) is 51.7 Å². The van der Waals surface area contributed by atoms with Crippen molar-refractivity contribution in [3.8, 4) is 0 Å². The minimum atomic E-state index is -0.151. The van der Waals surface area contributed by atoms with E-state index in [2.05, 4.69) is 17.6 Å². The Balaban J connectivity index is 1.77. The summed E-state index contributed by atoms with van der Waals surface area (Å²) in [5.41, 5.74) is 0. The van der Waals surface area contributed by atoms with E-state index in [-0.39, 0.29) is 11.9 Å². The number of rotatable bonds is 6. The molecule has 1 aromatic heterocycles. The fraction of sp³-hybridized carbons (Fsp3) is 0.688. The van der Waals surface area contributed by atoms with Crippen molar-refractivity contribution >= 4 is 5.91 Å². The highest BCUT2D eigenvalue weighted by atomic mass is 16.3. The van der Waals surface area contributed by atoms with Crippen LogP contribution in [0.5, 0.6) is 0 Å². The summed E-state index contributed by atoms with van der Waals surface area (Å²) in [6, 6.07) is 4.03. The first-order valence-corrected chi connectivity index (χ1v) is 7.76. The highest BCUT2D eigenvalue weighted by Crippen LogP contribution is 2.27. The molecule has 2 N–H and O–H groups in total. The number of carbonyl (C=O) groups is 1. The molecule has 1 aliphatic rings. The maximum absolute atomic E-state index is 12.1. The van der Waals surface area contributed by atoms with Gasteiger partial charge in [0.15, 0.2) is 0 Å². The van der Waals surface area contributed by atoms with Crippen LogP contribution in [0.2, 0.25) is 0 Å². The molecule has 1 fully saturated rings. The molecular weight excluding hydrogens is 252 g/mol. The first-order valence-electron chi connectivity index (χ1n) is 7.76. The lowest BCUT2D eigenvalue weighted by Gasteiger charge is -2.33. The second-order valence-corrected chi connectivity index (χ2v) is 5.74. The van der Waals surface area contributed by atoms with E-state index in [0.29, 0.717) is 18.5 Å². The number of amides is 1. The van der Waals surface area contributed by atoms with E-state index < -0.39 is 0 Å². The van der Waals surface area contributed by atoms with Crippen LogP contribution < -0.4 is 10.6 Å². The minimum absolute atomic E-state index is 0.0434. The summed E-state index contributed by atoms with van der Waals surface area (Å²) in [5.74, 6) is 1.54. The highest BCUT2D eigenvalue weighted by Gasteiger charge is 2.26. The molecule has 0 spiro atoms. The summed E-state index contributed by atoms with van der Waals surface area (Å²) in [6.45, 7) is 4.64. The van der Waals surface area contributed by atoms with Crippen LogP contribution in [0, 0.1) is 5.92 Å². The first kappa shape index (κ1) is 15.1. The fourth-order valence-electron chi connectivity index (χ4n) is 3.05. The van der Waals surface area contributed by atoms with Crippen molar-refractivity contribution in [2.24, 2.45) is 5.92 Å². The van der Waals surface area contributed by atoms with Gasteiger partial charge in [0, 0.05) is 6.04 Å². The number of carbonyl (C=O) groups excluding carboxylic acids is 1. The molecule has 0 radical (unpaired) electrons.